The lowest BCUT2D eigenvalue weighted by molar-refractivity contribution is -0.117. The van der Waals surface area contributed by atoms with Gasteiger partial charge in [0.2, 0.25) is 5.91 Å². The summed E-state index contributed by atoms with van der Waals surface area (Å²) in [5.41, 5.74) is 3.64. The molecule has 0 saturated carbocycles. The van der Waals surface area contributed by atoms with E-state index in [2.05, 4.69) is 14.9 Å². The number of benzene rings is 2. The molecule has 0 aliphatic carbocycles. The van der Waals surface area contributed by atoms with Crippen molar-refractivity contribution in [3.05, 3.63) is 59.5 Å². The molecule has 0 bridgehead atoms. The summed E-state index contributed by atoms with van der Waals surface area (Å²) in [6, 6.07) is 14.6. The quantitative estimate of drug-likeness (QED) is 0.768. The van der Waals surface area contributed by atoms with Crippen LogP contribution < -0.4 is 10.2 Å². The van der Waals surface area contributed by atoms with Gasteiger partial charge in [-0.05, 0) is 48.3 Å². The molecule has 1 aromatic heterocycles. The van der Waals surface area contributed by atoms with Crippen molar-refractivity contribution in [1.29, 1.82) is 0 Å². The first-order valence-electron chi connectivity index (χ1n) is 8.30. The summed E-state index contributed by atoms with van der Waals surface area (Å²) in [5, 5.41) is 8.81. The number of hydrogen-bond acceptors (Lipinski definition) is 5. The zero-order chi connectivity index (χ0) is 17.9. The number of rotatable bonds is 4. The largest absolute Gasteiger partial charge is 0.322 e. The molecule has 0 radical (unpaired) electrons. The van der Waals surface area contributed by atoms with Crippen LogP contribution in [-0.4, -0.2) is 27.9 Å². The van der Waals surface area contributed by atoms with Crippen molar-refractivity contribution in [2.24, 2.45) is 0 Å². The van der Waals surface area contributed by atoms with Crippen LogP contribution in [0.1, 0.15) is 23.2 Å². The molecular formula is C19H16N4O2S. The van der Waals surface area contributed by atoms with Crippen LogP contribution in [0.15, 0.2) is 53.9 Å². The number of nitrogens with zero attached hydrogens (tertiary/aromatic N) is 3. The van der Waals surface area contributed by atoms with Gasteiger partial charge in [0, 0.05) is 40.8 Å². The molecule has 3 aromatic rings. The summed E-state index contributed by atoms with van der Waals surface area (Å²) in [6.07, 6.45) is 1.42. The summed E-state index contributed by atoms with van der Waals surface area (Å²) in [4.78, 5) is 26.3. The second-order valence-corrected chi connectivity index (χ2v) is 6.63. The van der Waals surface area contributed by atoms with E-state index in [9.17, 15) is 9.59 Å². The molecule has 4 rings (SSSR count). The van der Waals surface area contributed by atoms with Gasteiger partial charge in [0.25, 0.3) is 5.91 Å². The van der Waals surface area contributed by atoms with Gasteiger partial charge in [0.15, 0.2) is 0 Å². The molecule has 0 atom stereocenters. The fraction of sp³-hybridized carbons (Fsp3) is 0.158. The number of carbonyl (C=O) groups excluding carboxylic acids is 2. The molecule has 1 aliphatic heterocycles. The van der Waals surface area contributed by atoms with Gasteiger partial charge >= 0.3 is 0 Å². The highest BCUT2D eigenvalue weighted by atomic mass is 32.1. The van der Waals surface area contributed by atoms with E-state index in [-0.39, 0.29) is 11.8 Å². The van der Waals surface area contributed by atoms with E-state index in [4.69, 9.17) is 0 Å². The Kier molecular flexibility index (Phi) is 4.45. The molecule has 1 saturated heterocycles. The van der Waals surface area contributed by atoms with E-state index in [0.29, 0.717) is 24.2 Å². The third-order valence-electron chi connectivity index (χ3n) is 4.27. The molecule has 7 heteroatoms. The topological polar surface area (TPSA) is 75.2 Å². The standard InChI is InChI=1S/C19H16N4O2S/c24-18-8-3-9-23(18)16-7-2-5-14(11-16)19(25)20-15-6-1-4-13(10-15)17-12-26-22-21-17/h1-2,4-7,10-12H,3,8-9H2,(H,20,25). The van der Waals surface area contributed by atoms with Gasteiger partial charge in [-0.3, -0.25) is 9.59 Å². The van der Waals surface area contributed by atoms with E-state index in [1.165, 1.54) is 11.5 Å². The monoisotopic (exact) mass is 364 g/mol. The molecular weight excluding hydrogens is 348 g/mol. The lowest BCUT2D eigenvalue weighted by Gasteiger charge is -2.16. The average Bonchev–Trinajstić information content (AvgIpc) is 3.34. The Morgan fingerprint density at radius 2 is 2.04 bits per heavy atom. The zero-order valence-corrected chi connectivity index (χ0v) is 14.7. The van der Waals surface area contributed by atoms with Crippen LogP contribution in [0.2, 0.25) is 0 Å². The van der Waals surface area contributed by atoms with E-state index < -0.39 is 0 Å². The van der Waals surface area contributed by atoms with Gasteiger partial charge in [-0.15, -0.1) is 5.10 Å². The van der Waals surface area contributed by atoms with Crippen LogP contribution >= 0.6 is 11.5 Å². The second kappa shape index (κ2) is 7.05. The SMILES string of the molecule is O=C(Nc1cccc(-c2csnn2)c1)c1cccc(N2CCCC2=O)c1. The fourth-order valence-electron chi connectivity index (χ4n) is 2.99. The summed E-state index contributed by atoms with van der Waals surface area (Å²) in [5.74, 6) is -0.112. The number of hydrogen-bond donors (Lipinski definition) is 1. The summed E-state index contributed by atoms with van der Waals surface area (Å²) >= 11 is 1.28. The van der Waals surface area contributed by atoms with Gasteiger partial charge in [-0.1, -0.05) is 22.7 Å². The normalized spacial score (nSPS) is 13.8. The number of anilines is 2. The molecule has 2 heterocycles. The summed E-state index contributed by atoms with van der Waals surface area (Å²) in [7, 11) is 0. The van der Waals surface area contributed by atoms with Gasteiger partial charge in [0.05, 0.1) is 0 Å². The van der Waals surface area contributed by atoms with Gasteiger partial charge < -0.3 is 10.2 Å². The highest BCUT2D eigenvalue weighted by Crippen LogP contribution is 2.24. The van der Waals surface area contributed by atoms with Gasteiger partial charge in [0.1, 0.15) is 5.69 Å². The summed E-state index contributed by atoms with van der Waals surface area (Å²) < 4.78 is 3.86. The molecule has 1 fully saturated rings. The Hall–Kier alpha value is -3.06. The van der Waals surface area contributed by atoms with Crippen LogP contribution in [0.25, 0.3) is 11.3 Å². The first kappa shape index (κ1) is 16.4. The van der Waals surface area contributed by atoms with Crippen molar-refractivity contribution in [1.82, 2.24) is 9.59 Å². The zero-order valence-electron chi connectivity index (χ0n) is 13.9. The van der Waals surface area contributed by atoms with Crippen molar-refractivity contribution >= 4 is 34.7 Å². The molecule has 6 nitrogen and oxygen atoms in total. The third kappa shape index (κ3) is 3.34. The minimum absolute atomic E-state index is 0.104. The maximum Gasteiger partial charge on any atom is 0.255 e. The highest BCUT2D eigenvalue weighted by molar-refractivity contribution is 7.03. The van der Waals surface area contributed by atoms with Crippen LogP contribution in [0.5, 0.6) is 0 Å². The summed E-state index contributed by atoms with van der Waals surface area (Å²) in [6.45, 7) is 0.702. The van der Waals surface area contributed by atoms with E-state index in [1.807, 2.05) is 35.7 Å². The van der Waals surface area contributed by atoms with Gasteiger partial charge in [-0.2, -0.15) is 0 Å². The molecule has 0 unspecified atom stereocenters. The van der Waals surface area contributed by atoms with Crippen molar-refractivity contribution in [2.75, 3.05) is 16.8 Å². The highest BCUT2D eigenvalue weighted by Gasteiger charge is 2.22. The number of carbonyl (C=O) groups is 2. The lowest BCUT2D eigenvalue weighted by atomic mass is 10.1. The molecule has 1 aliphatic rings. The maximum atomic E-state index is 12.6. The lowest BCUT2D eigenvalue weighted by Crippen LogP contribution is -2.24. The smallest absolute Gasteiger partial charge is 0.255 e. The minimum atomic E-state index is -0.216. The Bertz CT molecular complexity index is 956. The van der Waals surface area contributed by atoms with Crippen molar-refractivity contribution < 1.29 is 9.59 Å². The number of aromatic nitrogens is 2. The predicted molar refractivity (Wildman–Crippen MR) is 101 cm³/mol. The minimum Gasteiger partial charge on any atom is -0.322 e. The average molecular weight is 364 g/mol. The second-order valence-electron chi connectivity index (χ2n) is 6.02. The van der Waals surface area contributed by atoms with Gasteiger partial charge in [-0.25, -0.2) is 0 Å². The molecule has 130 valence electrons. The molecule has 2 aromatic carbocycles. The predicted octanol–water partition coefficient (Wildman–Crippen LogP) is 3.58. The van der Waals surface area contributed by atoms with Crippen LogP contribution in [0, 0.1) is 0 Å². The number of amides is 2. The first-order valence-corrected chi connectivity index (χ1v) is 9.14. The molecule has 2 amide bonds. The van der Waals surface area contributed by atoms with Crippen molar-refractivity contribution in [3.8, 4) is 11.3 Å². The molecule has 26 heavy (non-hydrogen) atoms. The first-order chi connectivity index (χ1) is 12.7. The Balaban J connectivity index is 1.54. The van der Waals surface area contributed by atoms with E-state index >= 15 is 0 Å². The fourth-order valence-corrected chi connectivity index (χ4v) is 3.45. The van der Waals surface area contributed by atoms with Crippen molar-refractivity contribution in [3.63, 3.8) is 0 Å². The van der Waals surface area contributed by atoms with Crippen molar-refractivity contribution in [2.45, 2.75) is 12.8 Å². The van der Waals surface area contributed by atoms with E-state index in [0.717, 1.165) is 23.4 Å². The Morgan fingerprint density at radius 1 is 1.15 bits per heavy atom. The Morgan fingerprint density at radius 3 is 2.81 bits per heavy atom. The van der Waals surface area contributed by atoms with Crippen LogP contribution in [0.4, 0.5) is 11.4 Å². The van der Waals surface area contributed by atoms with E-state index in [1.54, 1.807) is 23.1 Å². The van der Waals surface area contributed by atoms with Crippen LogP contribution in [-0.2, 0) is 4.79 Å². The number of nitrogens with one attached hydrogen (secondary N) is 1. The maximum absolute atomic E-state index is 12.6. The molecule has 0 spiro atoms. The van der Waals surface area contributed by atoms with Crippen LogP contribution in [0.3, 0.4) is 0 Å². The Labute approximate surface area is 154 Å². The molecule has 1 N–H and O–H groups in total. The third-order valence-corrected chi connectivity index (χ3v) is 4.77.